The predicted molar refractivity (Wildman–Crippen MR) is 192 cm³/mol. The van der Waals surface area contributed by atoms with Gasteiger partial charge in [0.15, 0.2) is 0 Å². The van der Waals surface area contributed by atoms with E-state index >= 15 is 0 Å². The minimum Gasteiger partial charge on any atom is -0.486 e. The zero-order valence-electron chi connectivity index (χ0n) is 28.7. The summed E-state index contributed by atoms with van der Waals surface area (Å²) in [5.74, 6) is 0.899. The fraction of sp³-hybridized carbons (Fsp3) is 0.325. The van der Waals surface area contributed by atoms with E-state index in [1.54, 1.807) is 0 Å². The monoisotopic (exact) mass is 804 g/mol. The van der Waals surface area contributed by atoms with Crippen LogP contribution < -0.4 is 5.19 Å². The molecule has 0 spiro atoms. The fourth-order valence-corrected chi connectivity index (χ4v) is 7.14. The van der Waals surface area contributed by atoms with Crippen LogP contribution in [-0.2, 0) is 25.5 Å². The molecule has 241 valence electrons. The Labute approximate surface area is 289 Å². The van der Waals surface area contributed by atoms with Crippen molar-refractivity contribution in [2.24, 2.45) is 0 Å². The summed E-state index contributed by atoms with van der Waals surface area (Å²) < 4.78 is 6.17. The molecule has 0 atom stereocenters. The molecule has 0 aliphatic heterocycles. The van der Waals surface area contributed by atoms with Crippen molar-refractivity contribution in [1.82, 2.24) is 15.0 Å². The van der Waals surface area contributed by atoms with Crippen molar-refractivity contribution in [3.63, 3.8) is 0 Å². The average molecular weight is 804 g/mol. The van der Waals surface area contributed by atoms with Gasteiger partial charge in [0, 0.05) is 43.6 Å². The number of hydrogen-bond donors (Lipinski definition) is 0. The van der Waals surface area contributed by atoms with Gasteiger partial charge in [0.05, 0.1) is 13.7 Å². The smallest absolute Gasteiger partial charge is 0.216 e. The van der Waals surface area contributed by atoms with Crippen molar-refractivity contribution >= 4 is 35.3 Å². The second kappa shape index (κ2) is 14.1. The molecule has 0 saturated carbocycles. The van der Waals surface area contributed by atoms with Crippen LogP contribution >= 0.6 is 0 Å². The minimum atomic E-state index is -1.34. The fourth-order valence-electron chi connectivity index (χ4n) is 5.46. The molecule has 4 heterocycles. The van der Waals surface area contributed by atoms with Gasteiger partial charge in [0.2, 0.25) is 5.71 Å². The van der Waals surface area contributed by atoms with Gasteiger partial charge in [-0.1, -0.05) is 96.8 Å². The van der Waals surface area contributed by atoms with Gasteiger partial charge in [-0.3, -0.25) is 0 Å². The summed E-state index contributed by atoms with van der Waals surface area (Å²) in [6.07, 6.45) is 3.96. The van der Waals surface area contributed by atoms with Crippen LogP contribution in [0.2, 0.25) is 19.6 Å². The maximum Gasteiger partial charge on any atom is 0.216 e. The molecule has 0 N–H and O–H groups in total. The third-order valence-electron chi connectivity index (χ3n) is 8.14. The first-order valence-corrected chi connectivity index (χ1v) is 19.4. The molecular formula is C40H45IrN3OSi-2. The molecule has 46 heavy (non-hydrogen) atoms. The Bertz CT molecular complexity index is 1930. The van der Waals surface area contributed by atoms with Gasteiger partial charge in [0.1, 0.15) is 0 Å². The van der Waals surface area contributed by atoms with Gasteiger partial charge in [-0.15, -0.1) is 54.1 Å². The number of furan rings is 1. The SMILES string of the molecule is CC(C)c1cc(-c2[c-]cccc2)ncc1[Si](C)(C)C.CC(C)c1ccc2c(n1)oc1c(-c3cc(C(C)(C)C)ccn3)[c-]ccc12.[Ir]. The first-order valence-electron chi connectivity index (χ1n) is 15.9. The van der Waals surface area contributed by atoms with Crippen molar-refractivity contribution in [2.75, 3.05) is 0 Å². The molecule has 1 radical (unpaired) electrons. The van der Waals surface area contributed by atoms with Crippen LogP contribution in [0, 0.1) is 12.1 Å². The molecule has 0 saturated heterocycles. The number of aromatic nitrogens is 3. The second-order valence-corrected chi connectivity index (χ2v) is 19.5. The average Bonchev–Trinajstić information content (AvgIpc) is 3.39. The Hall–Kier alpha value is -3.44. The van der Waals surface area contributed by atoms with Crippen LogP contribution in [0.15, 0.2) is 83.5 Å². The molecule has 0 amide bonds. The van der Waals surface area contributed by atoms with E-state index in [-0.39, 0.29) is 25.5 Å². The van der Waals surface area contributed by atoms with Crippen LogP contribution in [0.4, 0.5) is 0 Å². The molecule has 0 aliphatic rings. The summed E-state index contributed by atoms with van der Waals surface area (Å²) in [6, 6.07) is 29.2. The zero-order chi connectivity index (χ0) is 32.5. The van der Waals surface area contributed by atoms with Crippen LogP contribution in [0.3, 0.4) is 0 Å². The maximum atomic E-state index is 6.17. The first-order chi connectivity index (χ1) is 21.2. The molecule has 0 bridgehead atoms. The quantitative estimate of drug-likeness (QED) is 0.129. The topological polar surface area (TPSA) is 51.8 Å². The summed E-state index contributed by atoms with van der Waals surface area (Å²) in [6.45, 7) is 22.5. The summed E-state index contributed by atoms with van der Waals surface area (Å²) in [5, 5.41) is 3.56. The van der Waals surface area contributed by atoms with Crippen LogP contribution in [0.25, 0.3) is 44.6 Å². The number of fused-ring (bicyclic) bond motifs is 3. The van der Waals surface area contributed by atoms with Crippen molar-refractivity contribution < 1.29 is 24.5 Å². The van der Waals surface area contributed by atoms with Gasteiger partial charge in [0.25, 0.3) is 0 Å². The molecule has 6 rings (SSSR count). The number of rotatable bonds is 5. The van der Waals surface area contributed by atoms with E-state index in [1.165, 1.54) is 16.3 Å². The third-order valence-corrected chi connectivity index (χ3v) is 10.2. The van der Waals surface area contributed by atoms with E-state index in [0.29, 0.717) is 17.5 Å². The number of nitrogens with zero attached hydrogens (tertiary/aromatic N) is 3. The number of benzene rings is 2. The van der Waals surface area contributed by atoms with E-state index < -0.39 is 8.07 Å². The first kappa shape index (κ1) is 35.4. The molecule has 6 aromatic rings. The van der Waals surface area contributed by atoms with Crippen molar-refractivity contribution in [3.05, 3.63) is 108 Å². The van der Waals surface area contributed by atoms with Crippen LogP contribution in [-0.4, -0.2) is 23.0 Å². The van der Waals surface area contributed by atoms with Gasteiger partial charge in [-0.25, -0.2) is 4.98 Å². The predicted octanol–water partition coefficient (Wildman–Crippen LogP) is 10.5. The molecule has 4 nitrogen and oxygen atoms in total. The third kappa shape index (κ3) is 7.74. The molecule has 0 unspecified atom stereocenters. The summed E-state index contributed by atoms with van der Waals surface area (Å²) in [7, 11) is -1.34. The van der Waals surface area contributed by atoms with Gasteiger partial charge in [-0.2, -0.15) is 0 Å². The van der Waals surface area contributed by atoms with Gasteiger partial charge in [-0.05, 0) is 57.6 Å². The Morgan fingerprint density at radius 2 is 1.54 bits per heavy atom. The van der Waals surface area contributed by atoms with Crippen LogP contribution in [0.1, 0.15) is 77.1 Å². The van der Waals surface area contributed by atoms with E-state index in [1.807, 2.05) is 36.5 Å². The summed E-state index contributed by atoms with van der Waals surface area (Å²) >= 11 is 0. The molecule has 0 fully saturated rings. The molecule has 2 aromatic carbocycles. The van der Waals surface area contributed by atoms with Gasteiger partial charge >= 0.3 is 0 Å². The van der Waals surface area contributed by atoms with E-state index in [4.69, 9.17) is 9.40 Å². The van der Waals surface area contributed by atoms with Crippen molar-refractivity contribution in [1.29, 1.82) is 0 Å². The largest absolute Gasteiger partial charge is 0.486 e. The van der Waals surface area contributed by atoms with E-state index in [2.05, 4.69) is 133 Å². The number of pyridine rings is 3. The molecular weight excluding hydrogens is 759 g/mol. The van der Waals surface area contributed by atoms with E-state index in [0.717, 1.165) is 44.6 Å². The maximum absolute atomic E-state index is 6.17. The van der Waals surface area contributed by atoms with Crippen molar-refractivity contribution in [3.8, 4) is 22.5 Å². The molecule has 6 heteroatoms. The summed E-state index contributed by atoms with van der Waals surface area (Å²) in [5.41, 5.74) is 9.14. The van der Waals surface area contributed by atoms with E-state index in [9.17, 15) is 0 Å². The van der Waals surface area contributed by atoms with Crippen molar-refractivity contribution in [2.45, 2.75) is 85.4 Å². The molecule has 0 aliphatic carbocycles. The Kier molecular flexibility index (Phi) is 10.9. The minimum absolute atomic E-state index is 0. The standard InChI is InChI=1S/C23H23N2O.C17H22NSi.Ir/c1-14(2)19-10-9-17-16-7-6-8-18(21(16)26-22(17)25-19)20-13-15(11-12-24-20)23(3,4)5;1-13(2)15-11-16(14-9-7-6-8-10-14)18-12-17(15)19(3,4)5;/h6-7,9-14H,1-5H3;6-9,11-13H,1-5H3;/q2*-1;. The van der Waals surface area contributed by atoms with Crippen LogP contribution in [0.5, 0.6) is 0 Å². The van der Waals surface area contributed by atoms with Gasteiger partial charge < -0.3 is 14.4 Å². The Morgan fingerprint density at radius 3 is 2.17 bits per heavy atom. The summed E-state index contributed by atoms with van der Waals surface area (Å²) in [4.78, 5) is 13.9. The Morgan fingerprint density at radius 1 is 0.783 bits per heavy atom. The Balaban J connectivity index is 0.000000215. The number of hydrogen-bond acceptors (Lipinski definition) is 4. The normalized spacial score (nSPS) is 11.9. The molecule has 4 aromatic heterocycles. The zero-order valence-corrected chi connectivity index (χ0v) is 32.1. The second-order valence-electron chi connectivity index (χ2n) is 14.5.